The molecule has 0 spiro atoms. The number of hydrogen-bond donors (Lipinski definition) is 1. The molecule has 2 N–H and O–H groups in total. The third-order valence-electron chi connectivity index (χ3n) is 2.44. The summed E-state index contributed by atoms with van der Waals surface area (Å²) in [5.74, 6) is 0. The molecule has 17 heavy (non-hydrogen) atoms. The van der Waals surface area contributed by atoms with E-state index in [0.29, 0.717) is 17.9 Å². The van der Waals surface area contributed by atoms with Gasteiger partial charge in [0.1, 0.15) is 18.6 Å². The number of nitrogens with zero attached hydrogens (tertiary/aromatic N) is 4. The van der Waals surface area contributed by atoms with Crippen molar-refractivity contribution in [1.29, 1.82) is 0 Å². The molecule has 86 valence electrons. The van der Waals surface area contributed by atoms with E-state index < -0.39 is 0 Å². The molecule has 0 bridgehead atoms. The second kappa shape index (κ2) is 3.82. The second-order valence-electron chi connectivity index (χ2n) is 3.63. The van der Waals surface area contributed by atoms with Gasteiger partial charge in [-0.05, 0) is 5.56 Å². The Morgan fingerprint density at radius 1 is 1.18 bits per heavy atom. The molecule has 0 aliphatic carbocycles. The number of hydrogen-bond acceptors (Lipinski definition) is 4. The van der Waals surface area contributed by atoms with E-state index in [-0.39, 0.29) is 0 Å². The van der Waals surface area contributed by atoms with Crippen LogP contribution in [0.3, 0.4) is 0 Å². The Bertz CT molecular complexity index is 628. The Morgan fingerprint density at radius 2 is 2.00 bits per heavy atom. The minimum absolute atomic E-state index is 0.433. The van der Waals surface area contributed by atoms with E-state index in [1.165, 1.54) is 4.85 Å². The minimum Gasteiger partial charge on any atom is -0.394 e. The first-order valence-electron chi connectivity index (χ1n) is 5.18. The monoisotopic (exact) mass is 229 g/mol. The number of benzene rings is 1. The summed E-state index contributed by atoms with van der Waals surface area (Å²) in [6.45, 7) is 0.433. The van der Waals surface area contributed by atoms with Crippen molar-refractivity contribution >= 4 is 11.3 Å². The molecule has 2 aromatic heterocycles. The highest BCUT2D eigenvalue weighted by Crippen LogP contribution is 2.10. The average molecular weight is 229 g/mol. The molecule has 6 nitrogen and oxygen atoms in total. The summed E-state index contributed by atoms with van der Waals surface area (Å²) in [5, 5.41) is 8.07. The van der Waals surface area contributed by atoms with Crippen LogP contribution in [-0.4, -0.2) is 19.6 Å². The summed E-state index contributed by atoms with van der Waals surface area (Å²) < 4.78 is 1.57. The summed E-state index contributed by atoms with van der Waals surface area (Å²) in [4.78, 5) is 6.93. The highest BCUT2D eigenvalue weighted by molar-refractivity contribution is 5.62. The summed E-state index contributed by atoms with van der Waals surface area (Å²) >= 11 is 0. The third kappa shape index (κ3) is 1.69. The van der Waals surface area contributed by atoms with Gasteiger partial charge in [-0.2, -0.15) is 9.61 Å². The zero-order chi connectivity index (χ0) is 11.7. The van der Waals surface area contributed by atoms with Gasteiger partial charge in [0.25, 0.3) is 0 Å². The van der Waals surface area contributed by atoms with Gasteiger partial charge in [0, 0.05) is 0 Å². The smallest absolute Gasteiger partial charge is 0.217 e. The summed E-state index contributed by atoms with van der Waals surface area (Å²) in [7, 11) is 0. The summed E-state index contributed by atoms with van der Waals surface area (Å²) in [6, 6.07) is 9.86. The van der Waals surface area contributed by atoms with E-state index in [2.05, 4.69) is 10.2 Å². The van der Waals surface area contributed by atoms with Crippen LogP contribution in [0.4, 0.5) is 5.69 Å². The molecule has 1 aromatic carbocycles. The van der Waals surface area contributed by atoms with E-state index in [9.17, 15) is 0 Å². The fourth-order valence-electron chi connectivity index (χ4n) is 1.61. The molecule has 0 saturated heterocycles. The fourth-order valence-corrected chi connectivity index (χ4v) is 1.61. The van der Waals surface area contributed by atoms with Crippen LogP contribution in [0.2, 0.25) is 0 Å². The van der Waals surface area contributed by atoms with Crippen molar-refractivity contribution in [3.63, 3.8) is 0 Å². The Balaban J connectivity index is 1.83. The Labute approximate surface area is 97.2 Å². The van der Waals surface area contributed by atoms with Gasteiger partial charge in [-0.25, -0.2) is 0 Å². The number of fused-ring (bicyclic) bond motifs is 1. The maximum absolute atomic E-state index is 5.77. The lowest BCUT2D eigenvalue weighted by molar-refractivity contribution is 0.0792. The maximum atomic E-state index is 5.77. The molecular weight excluding hydrogens is 218 g/mol. The molecule has 0 aliphatic heterocycles. The Morgan fingerprint density at radius 3 is 2.82 bits per heavy atom. The summed E-state index contributed by atoms with van der Waals surface area (Å²) in [5.41, 5.74) is 8.01. The molecule has 6 heteroatoms. The van der Waals surface area contributed by atoms with E-state index >= 15 is 0 Å². The van der Waals surface area contributed by atoms with Gasteiger partial charge in [0.05, 0.1) is 6.20 Å². The van der Waals surface area contributed by atoms with Crippen molar-refractivity contribution in [2.45, 2.75) is 6.61 Å². The number of nitrogen functional groups attached to an aromatic ring is 1. The van der Waals surface area contributed by atoms with E-state index in [1.54, 1.807) is 17.0 Å². The lowest BCUT2D eigenvalue weighted by Crippen LogP contribution is -2.13. The molecule has 0 unspecified atom stereocenters. The van der Waals surface area contributed by atoms with Crippen LogP contribution < -0.4 is 10.6 Å². The zero-order valence-electron chi connectivity index (χ0n) is 9.02. The van der Waals surface area contributed by atoms with Crippen molar-refractivity contribution in [3.05, 3.63) is 48.4 Å². The predicted molar refractivity (Wildman–Crippen MR) is 62.1 cm³/mol. The van der Waals surface area contributed by atoms with Crippen molar-refractivity contribution in [2.24, 2.45) is 0 Å². The van der Waals surface area contributed by atoms with Gasteiger partial charge in [0.15, 0.2) is 0 Å². The molecule has 0 fully saturated rings. The van der Waals surface area contributed by atoms with Gasteiger partial charge in [-0.3, -0.25) is 0 Å². The molecular formula is C11H11N5O. The normalized spacial score (nSPS) is 10.8. The lowest BCUT2D eigenvalue weighted by atomic mass is 10.2. The maximum Gasteiger partial charge on any atom is 0.217 e. The van der Waals surface area contributed by atoms with Gasteiger partial charge < -0.3 is 10.6 Å². The van der Waals surface area contributed by atoms with Gasteiger partial charge in [0.2, 0.25) is 5.65 Å². The van der Waals surface area contributed by atoms with E-state index in [0.717, 1.165) is 5.56 Å². The predicted octanol–water partition coefficient (Wildman–Crippen LogP) is 0.742. The first-order chi connectivity index (χ1) is 8.34. The fraction of sp³-hybridized carbons (Fsp3) is 0.0909. The first kappa shape index (κ1) is 9.71. The molecule has 2 heterocycles. The van der Waals surface area contributed by atoms with Crippen molar-refractivity contribution in [1.82, 2.24) is 19.6 Å². The van der Waals surface area contributed by atoms with Gasteiger partial charge >= 0.3 is 0 Å². The van der Waals surface area contributed by atoms with E-state index in [4.69, 9.17) is 10.6 Å². The number of aromatic nitrogens is 4. The average Bonchev–Trinajstić information content (AvgIpc) is 2.92. The van der Waals surface area contributed by atoms with Crippen molar-refractivity contribution < 1.29 is 4.84 Å². The van der Waals surface area contributed by atoms with Crippen LogP contribution in [0.1, 0.15) is 5.56 Å². The molecule has 0 radical (unpaired) electrons. The van der Waals surface area contributed by atoms with Crippen molar-refractivity contribution in [3.8, 4) is 0 Å². The lowest BCUT2D eigenvalue weighted by Gasteiger charge is -2.05. The quantitative estimate of drug-likeness (QED) is 0.719. The molecule has 0 amide bonds. The third-order valence-corrected chi connectivity index (χ3v) is 2.44. The van der Waals surface area contributed by atoms with Crippen LogP contribution in [0, 0.1) is 0 Å². The molecule has 0 atom stereocenters. The second-order valence-corrected chi connectivity index (χ2v) is 3.63. The molecule has 3 aromatic rings. The minimum atomic E-state index is 0.433. The topological polar surface area (TPSA) is 70.4 Å². The van der Waals surface area contributed by atoms with Crippen LogP contribution in [0.15, 0.2) is 42.9 Å². The van der Waals surface area contributed by atoms with Crippen LogP contribution in [0.5, 0.6) is 0 Å². The SMILES string of the molecule is Nc1cnn2cnn(OCc3ccccc3)c12. The molecule has 0 saturated carbocycles. The molecule has 3 rings (SSSR count). The highest BCUT2D eigenvalue weighted by Gasteiger charge is 2.08. The Hall–Kier alpha value is -2.50. The van der Waals surface area contributed by atoms with Gasteiger partial charge in [-0.1, -0.05) is 35.2 Å². The van der Waals surface area contributed by atoms with Crippen LogP contribution in [-0.2, 0) is 6.61 Å². The zero-order valence-corrected chi connectivity index (χ0v) is 9.02. The highest BCUT2D eigenvalue weighted by atomic mass is 16.7. The van der Waals surface area contributed by atoms with Crippen LogP contribution in [0.25, 0.3) is 5.65 Å². The first-order valence-corrected chi connectivity index (χ1v) is 5.18. The van der Waals surface area contributed by atoms with Crippen LogP contribution >= 0.6 is 0 Å². The number of rotatable bonds is 3. The number of anilines is 1. The van der Waals surface area contributed by atoms with Gasteiger partial charge in [-0.15, -0.1) is 5.10 Å². The number of nitrogens with two attached hydrogens (primary N) is 1. The standard InChI is InChI=1S/C11H11N5O/c12-10-6-13-15-8-14-16(11(10)15)17-7-9-4-2-1-3-5-9/h1-6,8H,7,12H2. The van der Waals surface area contributed by atoms with E-state index in [1.807, 2.05) is 30.3 Å². The molecule has 0 aliphatic rings. The largest absolute Gasteiger partial charge is 0.394 e. The summed E-state index contributed by atoms with van der Waals surface area (Å²) in [6.07, 6.45) is 3.12. The van der Waals surface area contributed by atoms with Crippen molar-refractivity contribution in [2.75, 3.05) is 5.73 Å². The Kier molecular flexibility index (Phi) is 2.18.